The fourth-order valence-electron chi connectivity index (χ4n) is 5.00. The minimum absolute atomic E-state index is 0.105. The van der Waals surface area contributed by atoms with Gasteiger partial charge in [-0.2, -0.15) is 4.72 Å². The summed E-state index contributed by atoms with van der Waals surface area (Å²) in [6, 6.07) is 5.98. The minimum Gasteiger partial charge on any atom is -0.373 e. The third kappa shape index (κ3) is 7.50. The number of aryl methyl sites for hydroxylation is 1. The Morgan fingerprint density at radius 3 is 2.21 bits per heavy atom. The Morgan fingerprint density at radius 1 is 1.09 bits per heavy atom. The van der Waals surface area contributed by atoms with Crippen LogP contribution in [0.2, 0.25) is 0 Å². The summed E-state index contributed by atoms with van der Waals surface area (Å²) in [7, 11) is -3.76. The molecule has 7 nitrogen and oxygen atoms in total. The van der Waals surface area contributed by atoms with Crippen LogP contribution in [0.3, 0.4) is 0 Å². The molecule has 0 radical (unpaired) electrons. The van der Waals surface area contributed by atoms with Gasteiger partial charge in [-0.3, -0.25) is 9.69 Å². The average Bonchev–Trinajstić information content (AvgIpc) is 2.72. The quantitative estimate of drug-likeness (QED) is 0.620. The Morgan fingerprint density at radius 2 is 1.67 bits per heavy atom. The summed E-state index contributed by atoms with van der Waals surface area (Å²) in [5.41, 5.74) is 0.993. The van der Waals surface area contributed by atoms with Crippen LogP contribution in [0.15, 0.2) is 29.2 Å². The first-order valence-corrected chi connectivity index (χ1v) is 13.8. The molecule has 8 heteroatoms. The number of ether oxygens (including phenoxy) is 1. The van der Waals surface area contributed by atoms with E-state index in [-0.39, 0.29) is 28.9 Å². The van der Waals surface area contributed by atoms with Crippen molar-refractivity contribution in [2.45, 2.75) is 77.0 Å². The molecule has 186 valence electrons. The van der Waals surface area contributed by atoms with Crippen LogP contribution >= 0.6 is 0 Å². The number of hydrogen-bond acceptors (Lipinski definition) is 5. The normalized spacial score (nSPS) is 24.2. The van der Waals surface area contributed by atoms with Gasteiger partial charge in [0.1, 0.15) is 6.04 Å². The second-order valence-corrected chi connectivity index (χ2v) is 12.1. The van der Waals surface area contributed by atoms with Gasteiger partial charge in [0.25, 0.3) is 0 Å². The largest absolute Gasteiger partial charge is 0.373 e. The van der Waals surface area contributed by atoms with Gasteiger partial charge in [-0.1, -0.05) is 31.5 Å². The SMILES string of the molecule is Cc1ccc(S(=O)(=O)NC(CC(C)C)C(=O)N2CCC(CN3CC(C)OC(C)C3)CC2)cc1. The van der Waals surface area contributed by atoms with Gasteiger partial charge in [-0.25, -0.2) is 8.42 Å². The molecule has 1 amide bonds. The zero-order valence-electron chi connectivity index (χ0n) is 20.8. The van der Waals surface area contributed by atoms with Gasteiger partial charge < -0.3 is 9.64 Å². The maximum absolute atomic E-state index is 13.4. The van der Waals surface area contributed by atoms with Gasteiger partial charge in [-0.05, 0) is 64.0 Å². The zero-order valence-corrected chi connectivity index (χ0v) is 21.6. The number of hydrogen-bond donors (Lipinski definition) is 1. The fraction of sp³-hybridized carbons (Fsp3) is 0.720. The van der Waals surface area contributed by atoms with Gasteiger partial charge in [0.2, 0.25) is 15.9 Å². The average molecular weight is 480 g/mol. The lowest BCUT2D eigenvalue weighted by Crippen LogP contribution is -2.52. The molecule has 33 heavy (non-hydrogen) atoms. The molecule has 3 atom stereocenters. The molecule has 3 unspecified atom stereocenters. The van der Waals surface area contributed by atoms with E-state index in [0.717, 1.165) is 38.0 Å². The number of piperidine rings is 1. The van der Waals surface area contributed by atoms with Gasteiger partial charge in [0.15, 0.2) is 0 Å². The van der Waals surface area contributed by atoms with Crippen LogP contribution in [0.25, 0.3) is 0 Å². The monoisotopic (exact) mass is 479 g/mol. The highest BCUT2D eigenvalue weighted by Crippen LogP contribution is 2.23. The first-order chi connectivity index (χ1) is 15.5. The third-order valence-electron chi connectivity index (χ3n) is 6.57. The molecule has 0 bridgehead atoms. The predicted octanol–water partition coefficient (Wildman–Crippen LogP) is 3.04. The van der Waals surface area contributed by atoms with E-state index in [1.54, 1.807) is 24.3 Å². The van der Waals surface area contributed by atoms with E-state index in [1.165, 1.54) is 0 Å². The molecule has 2 heterocycles. The lowest BCUT2D eigenvalue weighted by atomic mass is 9.94. The van der Waals surface area contributed by atoms with Crippen molar-refractivity contribution in [1.82, 2.24) is 14.5 Å². The smallest absolute Gasteiger partial charge is 0.241 e. The first-order valence-electron chi connectivity index (χ1n) is 12.3. The van der Waals surface area contributed by atoms with Crippen molar-refractivity contribution in [2.24, 2.45) is 11.8 Å². The molecule has 0 aromatic heterocycles. The molecule has 0 spiro atoms. The van der Waals surface area contributed by atoms with Gasteiger partial charge in [0, 0.05) is 32.7 Å². The zero-order chi connectivity index (χ0) is 24.2. The molecule has 2 aliphatic rings. The number of sulfonamides is 1. The van der Waals surface area contributed by atoms with Crippen LogP contribution < -0.4 is 4.72 Å². The Hall–Kier alpha value is -1.48. The second kappa shape index (κ2) is 11.3. The lowest BCUT2D eigenvalue weighted by molar-refractivity contribution is -0.135. The highest BCUT2D eigenvalue weighted by atomic mass is 32.2. The Balaban J connectivity index is 1.59. The lowest BCUT2D eigenvalue weighted by Gasteiger charge is -2.40. The van der Waals surface area contributed by atoms with Crippen LogP contribution in [-0.2, 0) is 19.6 Å². The second-order valence-electron chi connectivity index (χ2n) is 10.4. The van der Waals surface area contributed by atoms with E-state index in [9.17, 15) is 13.2 Å². The molecule has 0 saturated carbocycles. The number of morpholine rings is 1. The Kier molecular flexibility index (Phi) is 8.95. The number of amides is 1. The fourth-order valence-corrected chi connectivity index (χ4v) is 6.20. The Bertz CT molecular complexity index is 869. The highest BCUT2D eigenvalue weighted by molar-refractivity contribution is 7.89. The number of likely N-dealkylation sites (tertiary alicyclic amines) is 1. The Labute approximate surface area is 199 Å². The minimum atomic E-state index is -3.76. The van der Waals surface area contributed by atoms with Crippen LogP contribution in [-0.4, -0.2) is 75.1 Å². The van der Waals surface area contributed by atoms with E-state index in [1.807, 2.05) is 25.7 Å². The molecule has 2 aliphatic heterocycles. The summed E-state index contributed by atoms with van der Waals surface area (Å²) in [5, 5.41) is 0. The molecule has 2 fully saturated rings. The standard InChI is InChI=1S/C25H41N3O4S/c1-18(2)14-24(26-33(30,31)23-8-6-19(3)7-9-23)25(29)28-12-10-22(11-13-28)17-27-15-20(4)32-21(5)16-27/h6-9,18,20-22,24,26H,10-17H2,1-5H3. The summed E-state index contributed by atoms with van der Waals surface area (Å²) in [4.78, 5) is 17.9. The topological polar surface area (TPSA) is 79.0 Å². The van der Waals surface area contributed by atoms with Crippen molar-refractivity contribution in [2.75, 3.05) is 32.7 Å². The van der Waals surface area contributed by atoms with Crippen LogP contribution in [0.1, 0.15) is 52.5 Å². The number of nitrogens with zero attached hydrogens (tertiary/aromatic N) is 2. The summed E-state index contributed by atoms with van der Waals surface area (Å²) < 4.78 is 34.4. The van der Waals surface area contributed by atoms with Gasteiger partial charge in [-0.15, -0.1) is 0 Å². The van der Waals surface area contributed by atoms with Crippen LogP contribution in [0, 0.1) is 18.8 Å². The van der Waals surface area contributed by atoms with Crippen molar-refractivity contribution >= 4 is 15.9 Å². The molecule has 0 aliphatic carbocycles. The van der Waals surface area contributed by atoms with Gasteiger partial charge >= 0.3 is 0 Å². The van der Waals surface area contributed by atoms with E-state index in [2.05, 4.69) is 23.5 Å². The molecule has 1 aromatic carbocycles. The number of rotatable bonds is 8. The van der Waals surface area contributed by atoms with Crippen molar-refractivity contribution in [3.8, 4) is 0 Å². The first kappa shape index (κ1) is 26.1. The summed E-state index contributed by atoms with van der Waals surface area (Å²) >= 11 is 0. The van der Waals surface area contributed by atoms with E-state index >= 15 is 0 Å². The summed E-state index contributed by atoms with van der Waals surface area (Å²) in [5.74, 6) is 0.647. The maximum Gasteiger partial charge on any atom is 0.241 e. The van der Waals surface area contributed by atoms with Crippen molar-refractivity contribution in [3.63, 3.8) is 0 Å². The predicted molar refractivity (Wildman–Crippen MR) is 130 cm³/mol. The molecule has 3 rings (SSSR count). The highest BCUT2D eigenvalue weighted by Gasteiger charge is 2.33. The van der Waals surface area contributed by atoms with E-state index in [4.69, 9.17) is 4.74 Å². The summed E-state index contributed by atoms with van der Waals surface area (Å²) in [6.45, 7) is 14.5. The number of carbonyl (C=O) groups is 1. The van der Waals surface area contributed by atoms with Crippen molar-refractivity contribution < 1.29 is 17.9 Å². The van der Waals surface area contributed by atoms with Crippen LogP contribution in [0.5, 0.6) is 0 Å². The molecule has 2 saturated heterocycles. The van der Waals surface area contributed by atoms with Crippen molar-refractivity contribution in [1.29, 1.82) is 0 Å². The number of benzene rings is 1. The summed E-state index contributed by atoms with van der Waals surface area (Å²) in [6.07, 6.45) is 2.89. The van der Waals surface area contributed by atoms with E-state index < -0.39 is 16.1 Å². The maximum atomic E-state index is 13.4. The molecule has 1 N–H and O–H groups in total. The van der Waals surface area contributed by atoms with E-state index in [0.29, 0.717) is 25.4 Å². The molecular weight excluding hydrogens is 438 g/mol. The number of nitrogens with one attached hydrogen (secondary N) is 1. The van der Waals surface area contributed by atoms with Gasteiger partial charge in [0.05, 0.1) is 17.1 Å². The third-order valence-corrected chi connectivity index (χ3v) is 8.06. The van der Waals surface area contributed by atoms with Crippen LogP contribution in [0.4, 0.5) is 0 Å². The molecular formula is C25H41N3O4S. The van der Waals surface area contributed by atoms with Crippen molar-refractivity contribution in [3.05, 3.63) is 29.8 Å². The number of carbonyl (C=O) groups excluding carboxylic acids is 1. The molecule has 1 aromatic rings.